The van der Waals surface area contributed by atoms with E-state index in [1.165, 1.54) is 16.7 Å². The molecule has 0 aliphatic heterocycles. The van der Waals surface area contributed by atoms with Crippen LogP contribution in [-0.4, -0.2) is 15.0 Å². The summed E-state index contributed by atoms with van der Waals surface area (Å²) in [6, 6.07) is 27.7. The number of sulfonamides is 1. The van der Waals surface area contributed by atoms with E-state index in [1.807, 2.05) is 48.5 Å². The van der Waals surface area contributed by atoms with E-state index >= 15 is 0 Å². The topological polar surface area (TPSA) is 46.2 Å². The van der Waals surface area contributed by atoms with Gasteiger partial charge in [0.05, 0.1) is 4.90 Å². The highest BCUT2D eigenvalue weighted by Gasteiger charge is 2.17. The first kappa shape index (κ1) is 21.3. The summed E-state index contributed by atoms with van der Waals surface area (Å²) in [5.41, 5.74) is 3.57. The average molecular weight is 408 g/mol. The summed E-state index contributed by atoms with van der Waals surface area (Å²) in [6.45, 7) is 2.54. The van der Waals surface area contributed by atoms with Gasteiger partial charge in [0.2, 0.25) is 10.0 Å². The maximum atomic E-state index is 12.7. The van der Waals surface area contributed by atoms with Crippen LogP contribution >= 0.6 is 0 Å². The van der Waals surface area contributed by atoms with Crippen LogP contribution in [0.2, 0.25) is 0 Å². The van der Waals surface area contributed by atoms with Gasteiger partial charge in [-0.1, -0.05) is 86.1 Å². The second-order valence-electron chi connectivity index (χ2n) is 7.31. The first-order chi connectivity index (χ1) is 14.1. The number of nitrogens with one attached hydrogen (secondary N) is 1. The second kappa shape index (κ2) is 10.4. The maximum Gasteiger partial charge on any atom is 0.240 e. The Hall–Kier alpha value is -2.43. The van der Waals surface area contributed by atoms with E-state index in [0.29, 0.717) is 17.9 Å². The zero-order valence-corrected chi connectivity index (χ0v) is 17.7. The predicted molar refractivity (Wildman–Crippen MR) is 120 cm³/mol. The zero-order chi connectivity index (χ0) is 20.5. The van der Waals surface area contributed by atoms with Gasteiger partial charge in [-0.05, 0) is 48.1 Å². The smallest absolute Gasteiger partial charge is 0.211 e. The van der Waals surface area contributed by atoms with Crippen LogP contribution in [0.4, 0.5) is 0 Å². The van der Waals surface area contributed by atoms with Gasteiger partial charge >= 0.3 is 0 Å². The van der Waals surface area contributed by atoms with Crippen LogP contribution in [0.5, 0.6) is 0 Å². The van der Waals surface area contributed by atoms with Crippen molar-refractivity contribution in [3.63, 3.8) is 0 Å². The maximum absolute atomic E-state index is 12.7. The molecule has 1 N–H and O–H groups in total. The highest BCUT2D eigenvalue weighted by atomic mass is 32.2. The van der Waals surface area contributed by atoms with Crippen molar-refractivity contribution in [3.05, 3.63) is 102 Å². The Morgan fingerprint density at radius 2 is 1.34 bits per heavy atom. The average Bonchev–Trinajstić information content (AvgIpc) is 2.77. The van der Waals surface area contributed by atoms with Crippen LogP contribution in [0.15, 0.2) is 89.8 Å². The normalized spacial score (nSPS) is 11.7. The molecule has 0 aliphatic rings. The van der Waals surface area contributed by atoms with Crippen LogP contribution in [0.1, 0.15) is 48.8 Å². The number of benzene rings is 3. The fourth-order valence-corrected chi connectivity index (χ4v) is 4.58. The fourth-order valence-electron chi connectivity index (χ4n) is 3.53. The van der Waals surface area contributed by atoms with Gasteiger partial charge in [0.15, 0.2) is 0 Å². The summed E-state index contributed by atoms with van der Waals surface area (Å²) >= 11 is 0. The summed E-state index contributed by atoms with van der Waals surface area (Å²) in [5, 5.41) is 0. The van der Waals surface area contributed by atoms with Gasteiger partial charge in [-0.15, -0.1) is 0 Å². The number of hydrogen-bond acceptors (Lipinski definition) is 2. The summed E-state index contributed by atoms with van der Waals surface area (Å²) in [5.74, 6) is 0.150. The highest BCUT2D eigenvalue weighted by Crippen LogP contribution is 2.27. The molecule has 29 heavy (non-hydrogen) atoms. The van der Waals surface area contributed by atoms with Gasteiger partial charge in [0.25, 0.3) is 0 Å². The van der Waals surface area contributed by atoms with Gasteiger partial charge in [-0.3, -0.25) is 0 Å². The van der Waals surface area contributed by atoms with Crippen molar-refractivity contribution in [3.8, 4) is 0 Å². The standard InChI is InChI=1S/C25H29NO2S/c1-2-3-10-21-15-17-24(18-16-21)29(27,28)26-20-19-25(22-11-6-4-7-12-22)23-13-8-5-9-14-23/h4-9,11-18,25-26H,2-3,10,19-20H2,1H3. The van der Waals surface area contributed by atoms with E-state index in [0.717, 1.165) is 19.3 Å². The van der Waals surface area contributed by atoms with Crippen LogP contribution < -0.4 is 4.72 Å². The summed E-state index contributed by atoms with van der Waals surface area (Å²) in [4.78, 5) is 0.328. The van der Waals surface area contributed by atoms with Gasteiger partial charge in [0, 0.05) is 12.5 Å². The molecule has 0 radical (unpaired) electrons. The van der Waals surface area contributed by atoms with Crippen molar-refractivity contribution in [1.29, 1.82) is 0 Å². The van der Waals surface area contributed by atoms with Crippen LogP contribution in [-0.2, 0) is 16.4 Å². The molecule has 0 aromatic heterocycles. The molecule has 3 aromatic carbocycles. The molecule has 3 rings (SSSR count). The first-order valence-electron chi connectivity index (χ1n) is 10.3. The molecular weight excluding hydrogens is 378 g/mol. The Labute approximate surface area is 174 Å². The van der Waals surface area contributed by atoms with Gasteiger partial charge < -0.3 is 0 Å². The van der Waals surface area contributed by atoms with E-state index in [-0.39, 0.29) is 5.92 Å². The lowest BCUT2D eigenvalue weighted by Gasteiger charge is -2.18. The van der Waals surface area contributed by atoms with Crippen molar-refractivity contribution < 1.29 is 8.42 Å². The van der Waals surface area contributed by atoms with Gasteiger partial charge in [-0.2, -0.15) is 0 Å². The Bertz CT molecular complexity index is 929. The Morgan fingerprint density at radius 3 is 1.86 bits per heavy atom. The summed E-state index contributed by atoms with van der Waals surface area (Å²) < 4.78 is 28.2. The van der Waals surface area contributed by atoms with Gasteiger partial charge in [0.1, 0.15) is 0 Å². The lowest BCUT2D eigenvalue weighted by Crippen LogP contribution is -2.26. The quantitative estimate of drug-likeness (QED) is 0.480. The predicted octanol–water partition coefficient (Wildman–Crippen LogP) is 5.53. The van der Waals surface area contributed by atoms with Crippen molar-refractivity contribution in [1.82, 2.24) is 4.72 Å². The highest BCUT2D eigenvalue weighted by molar-refractivity contribution is 7.89. The number of unbranched alkanes of at least 4 members (excludes halogenated alkanes) is 1. The Morgan fingerprint density at radius 1 is 0.793 bits per heavy atom. The molecule has 0 fully saturated rings. The minimum absolute atomic E-state index is 0.150. The minimum atomic E-state index is -3.51. The van der Waals surface area contributed by atoms with Crippen molar-refractivity contribution >= 4 is 10.0 Å². The number of hydrogen-bond donors (Lipinski definition) is 1. The molecule has 0 unspecified atom stereocenters. The van der Waals surface area contributed by atoms with E-state index in [1.54, 1.807) is 12.1 Å². The summed E-state index contributed by atoms with van der Waals surface area (Å²) in [6.07, 6.45) is 3.93. The molecule has 0 amide bonds. The van der Waals surface area contributed by atoms with Crippen molar-refractivity contribution in [2.75, 3.05) is 6.54 Å². The third-order valence-corrected chi connectivity index (χ3v) is 6.66. The molecule has 0 heterocycles. The lowest BCUT2D eigenvalue weighted by molar-refractivity contribution is 0.575. The number of aryl methyl sites for hydroxylation is 1. The molecule has 0 spiro atoms. The SMILES string of the molecule is CCCCc1ccc(S(=O)(=O)NCCC(c2ccccc2)c2ccccc2)cc1. The van der Waals surface area contributed by atoms with Crippen molar-refractivity contribution in [2.45, 2.75) is 43.4 Å². The Balaban J connectivity index is 1.67. The van der Waals surface area contributed by atoms with E-state index in [4.69, 9.17) is 0 Å². The molecule has 0 bridgehead atoms. The largest absolute Gasteiger partial charge is 0.240 e. The third-order valence-electron chi connectivity index (χ3n) is 5.18. The first-order valence-corrected chi connectivity index (χ1v) is 11.8. The Kier molecular flexibility index (Phi) is 7.62. The van der Waals surface area contributed by atoms with Crippen LogP contribution in [0, 0.1) is 0 Å². The molecule has 3 nitrogen and oxygen atoms in total. The summed E-state index contributed by atoms with van der Waals surface area (Å²) in [7, 11) is -3.51. The molecular formula is C25H29NO2S. The fraction of sp³-hybridized carbons (Fsp3) is 0.280. The monoisotopic (exact) mass is 407 g/mol. The van der Waals surface area contributed by atoms with Crippen LogP contribution in [0.3, 0.4) is 0 Å². The lowest BCUT2D eigenvalue weighted by atomic mass is 9.89. The molecule has 0 aliphatic carbocycles. The van der Waals surface area contributed by atoms with E-state index < -0.39 is 10.0 Å². The molecule has 152 valence electrons. The van der Waals surface area contributed by atoms with E-state index in [2.05, 4.69) is 35.9 Å². The van der Waals surface area contributed by atoms with Crippen molar-refractivity contribution in [2.24, 2.45) is 0 Å². The second-order valence-corrected chi connectivity index (χ2v) is 9.07. The molecule has 0 saturated carbocycles. The molecule has 0 saturated heterocycles. The van der Waals surface area contributed by atoms with Crippen LogP contribution in [0.25, 0.3) is 0 Å². The molecule has 3 aromatic rings. The molecule has 4 heteroatoms. The van der Waals surface area contributed by atoms with Gasteiger partial charge in [-0.25, -0.2) is 13.1 Å². The van der Waals surface area contributed by atoms with E-state index in [9.17, 15) is 8.42 Å². The zero-order valence-electron chi connectivity index (χ0n) is 16.9. The number of rotatable bonds is 10. The third kappa shape index (κ3) is 6.02. The molecule has 0 atom stereocenters. The minimum Gasteiger partial charge on any atom is -0.211 e.